The van der Waals surface area contributed by atoms with Crippen molar-refractivity contribution in [2.45, 2.75) is 20.0 Å². The zero-order chi connectivity index (χ0) is 21.7. The fourth-order valence-corrected chi connectivity index (χ4v) is 4.28. The van der Waals surface area contributed by atoms with E-state index in [1.807, 2.05) is 21.8 Å². The van der Waals surface area contributed by atoms with Gasteiger partial charge in [-0.15, -0.1) is 11.3 Å². The molecule has 0 spiro atoms. The van der Waals surface area contributed by atoms with Crippen LogP contribution in [0.5, 0.6) is 0 Å². The van der Waals surface area contributed by atoms with E-state index in [0.717, 1.165) is 16.9 Å². The first-order valence-corrected chi connectivity index (χ1v) is 10.8. The Kier molecular flexibility index (Phi) is 7.53. The van der Waals surface area contributed by atoms with Crippen molar-refractivity contribution in [2.75, 3.05) is 37.4 Å². The summed E-state index contributed by atoms with van der Waals surface area (Å²) in [6.45, 7) is 5.71. The number of nitrogens with one attached hydrogen (secondary N) is 2. The quantitative estimate of drug-likeness (QED) is 0.510. The Morgan fingerprint density at radius 1 is 1.40 bits per heavy atom. The molecule has 11 heteroatoms. The van der Waals surface area contributed by atoms with E-state index in [0.29, 0.717) is 30.0 Å². The summed E-state index contributed by atoms with van der Waals surface area (Å²) in [6.07, 6.45) is 6.22. The molecule has 0 saturated carbocycles. The Labute approximate surface area is 186 Å². The van der Waals surface area contributed by atoms with Crippen LogP contribution in [0.3, 0.4) is 0 Å². The van der Waals surface area contributed by atoms with Gasteiger partial charge in [-0.1, -0.05) is 0 Å². The number of ether oxygens (including phenoxy) is 1. The maximum absolute atomic E-state index is 11.9. The first-order chi connectivity index (χ1) is 14.4. The number of nitrogens with zero attached hydrogens (tertiary/aromatic N) is 4. The number of methoxy groups -OCH3 is 1. The van der Waals surface area contributed by atoms with Crippen LogP contribution in [0, 0.1) is 13.8 Å². The third-order valence-corrected chi connectivity index (χ3v) is 6.24. The van der Waals surface area contributed by atoms with Gasteiger partial charge in [-0.25, -0.2) is 4.52 Å². The molecule has 0 unspecified atom stereocenters. The number of hydrogen-bond acceptors (Lipinski definition) is 7. The zero-order valence-electron chi connectivity index (χ0n) is 16.9. The molecule has 160 valence electrons. The fraction of sp³-hybridized carbons (Fsp3) is 0.368. The summed E-state index contributed by atoms with van der Waals surface area (Å²) in [7, 11) is 1.67. The number of pyridine rings is 1. The lowest BCUT2D eigenvalue weighted by Gasteiger charge is -2.37. The van der Waals surface area contributed by atoms with Gasteiger partial charge >= 0.3 is 0 Å². The van der Waals surface area contributed by atoms with Crippen molar-refractivity contribution in [2.24, 2.45) is 0 Å². The third kappa shape index (κ3) is 5.63. The summed E-state index contributed by atoms with van der Waals surface area (Å²) in [5, 5.41) is 9.44. The lowest BCUT2D eigenvalue weighted by molar-refractivity contribution is -0.120. The van der Waals surface area contributed by atoms with E-state index in [1.54, 1.807) is 37.6 Å². The van der Waals surface area contributed by atoms with Gasteiger partial charge in [0, 0.05) is 25.8 Å². The molecule has 4 heterocycles. The molecule has 0 radical (unpaired) electrons. The molecule has 0 aliphatic carbocycles. The minimum absolute atomic E-state index is 0.109. The van der Waals surface area contributed by atoms with E-state index in [1.165, 1.54) is 10.4 Å². The van der Waals surface area contributed by atoms with E-state index >= 15 is 0 Å². The molecule has 1 aliphatic rings. The lowest BCUT2D eigenvalue weighted by Crippen LogP contribution is -2.53. The van der Waals surface area contributed by atoms with Gasteiger partial charge in [-0.05, 0) is 35.8 Å². The van der Waals surface area contributed by atoms with Crippen LogP contribution in [0.2, 0.25) is 0 Å². The van der Waals surface area contributed by atoms with Crippen LogP contribution in [0.15, 0.2) is 28.4 Å². The number of halogens is 1. The number of rotatable bonds is 6. The second-order valence-electron chi connectivity index (χ2n) is 6.83. The molecular weight excluding hydrogens is 472 g/mol. The monoisotopic (exact) mass is 494 g/mol. The van der Waals surface area contributed by atoms with Crippen molar-refractivity contribution in [3.05, 3.63) is 39.7 Å². The molecule has 3 aromatic heterocycles. The fourth-order valence-electron chi connectivity index (χ4n) is 2.89. The normalized spacial score (nSPS) is 14.0. The van der Waals surface area contributed by atoms with Crippen molar-refractivity contribution in [1.29, 1.82) is 0 Å². The summed E-state index contributed by atoms with van der Waals surface area (Å²) in [6, 6.07) is 1.68. The van der Waals surface area contributed by atoms with Crippen molar-refractivity contribution in [3.8, 4) is 0 Å². The first-order valence-electron chi connectivity index (χ1n) is 9.20. The number of carbonyl (C=O) groups is 2. The molecule has 0 atom stereocenters. The van der Waals surface area contributed by atoms with Crippen LogP contribution < -0.4 is 10.6 Å². The summed E-state index contributed by atoms with van der Waals surface area (Å²) in [5.74, 6) is -0.109. The number of aromatic nitrogens is 3. The van der Waals surface area contributed by atoms with Gasteiger partial charge in [0.25, 0.3) is 0 Å². The van der Waals surface area contributed by atoms with E-state index in [4.69, 9.17) is 4.74 Å². The number of fused-ring (bicyclic) bond motifs is 1. The predicted octanol–water partition coefficient (Wildman–Crippen LogP) is 2.69. The number of thiazole rings is 1. The molecule has 4 rings (SSSR count). The molecular formula is C19H23BrN6O3S. The molecule has 2 N–H and O–H groups in total. The van der Waals surface area contributed by atoms with E-state index in [9.17, 15) is 9.59 Å². The SMILES string of the molecule is COC1CN(CC(=O)Nc2cnc(C)c(NC=O)c2)C1.Cc1cnn2cc(Br)sc12. The van der Waals surface area contributed by atoms with Crippen LogP contribution >= 0.6 is 27.3 Å². The molecule has 1 saturated heterocycles. The minimum Gasteiger partial charge on any atom is -0.379 e. The second-order valence-corrected chi connectivity index (χ2v) is 9.24. The standard InChI is InChI=1S/C13H18N4O3.C6H5BrN2S/c1-9-12(15-8-18)3-10(4-14-9)16-13(19)7-17-5-11(6-17)20-2;1-4-2-8-9-3-5(7)10-6(4)9/h3-4,8,11H,5-7H2,1-2H3,(H,15,18)(H,16,19);2-3H,1H3. The Balaban J connectivity index is 0.000000212. The van der Waals surface area contributed by atoms with Crippen molar-refractivity contribution >= 4 is 55.8 Å². The van der Waals surface area contributed by atoms with Gasteiger partial charge in [-0.2, -0.15) is 5.10 Å². The van der Waals surface area contributed by atoms with Crippen LogP contribution in [-0.4, -0.2) is 64.7 Å². The number of likely N-dealkylation sites (tertiary alicyclic amines) is 1. The highest BCUT2D eigenvalue weighted by Gasteiger charge is 2.27. The van der Waals surface area contributed by atoms with E-state index < -0.39 is 0 Å². The molecule has 0 aromatic carbocycles. The Hall–Kier alpha value is -2.34. The highest BCUT2D eigenvalue weighted by atomic mass is 79.9. The number of anilines is 2. The maximum atomic E-state index is 11.9. The lowest BCUT2D eigenvalue weighted by atomic mass is 10.1. The minimum atomic E-state index is -0.109. The summed E-state index contributed by atoms with van der Waals surface area (Å²) >= 11 is 5.10. The number of aryl methyl sites for hydroxylation is 2. The number of carbonyl (C=O) groups excluding carboxylic acids is 2. The first kappa shape index (κ1) is 22.3. The highest BCUT2D eigenvalue weighted by Crippen LogP contribution is 2.24. The second kappa shape index (κ2) is 10.1. The van der Waals surface area contributed by atoms with E-state index in [2.05, 4.69) is 43.6 Å². The molecule has 2 amide bonds. The predicted molar refractivity (Wildman–Crippen MR) is 120 cm³/mol. The van der Waals surface area contributed by atoms with Gasteiger partial charge < -0.3 is 15.4 Å². The number of amides is 2. The van der Waals surface area contributed by atoms with Crippen molar-refractivity contribution in [1.82, 2.24) is 19.5 Å². The molecule has 1 fully saturated rings. The molecule has 3 aromatic rings. The van der Waals surface area contributed by atoms with Gasteiger partial charge in [0.1, 0.15) is 4.83 Å². The van der Waals surface area contributed by atoms with E-state index in [-0.39, 0.29) is 12.0 Å². The molecule has 1 aliphatic heterocycles. The summed E-state index contributed by atoms with van der Waals surface area (Å²) in [4.78, 5) is 29.6. The topological polar surface area (TPSA) is 101 Å². The average molecular weight is 495 g/mol. The Bertz CT molecular complexity index is 1030. The van der Waals surface area contributed by atoms with Crippen molar-refractivity contribution in [3.63, 3.8) is 0 Å². The zero-order valence-corrected chi connectivity index (χ0v) is 19.3. The van der Waals surface area contributed by atoms with Crippen LogP contribution in [0.4, 0.5) is 11.4 Å². The smallest absolute Gasteiger partial charge is 0.238 e. The molecule has 0 bridgehead atoms. The average Bonchev–Trinajstić information content (AvgIpc) is 3.21. The van der Waals surface area contributed by atoms with Crippen LogP contribution in [-0.2, 0) is 14.3 Å². The molecule has 30 heavy (non-hydrogen) atoms. The van der Waals surface area contributed by atoms with Crippen molar-refractivity contribution < 1.29 is 14.3 Å². The number of hydrogen-bond donors (Lipinski definition) is 2. The summed E-state index contributed by atoms with van der Waals surface area (Å²) in [5.41, 5.74) is 3.08. The highest BCUT2D eigenvalue weighted by molar-refractivity contribution is 9.11. The summed E-state index contributed by atoms with van der Waals surface area (Å²) < 4.78 is 8.15. The van der Waals surface area contributed by atoms with Crippen LogP contribution in [0.1, 0.15) is 11.3 Å². The Morgan fingerprint density at radius 2 is 2.17 bits per heavy atom. The Morgan fingerprint density at radius 3 is 2.83 bits per heavy atom. The molecule has 9 nitrogen and oxygen atoms in total. The maximum Gasteiger partial charge on any atom is 0.238 e. The van der Waals surface area contributed by atoms with Gasteiger partial charge in [-0.3, -0.25) is 19.5 Å². The van der Waals surface area contributed by atoms with Gasteiger partial charge in [0.15, 0.2) is 0 Å². The van der Waals surface area contributed by atoms with Gasteiger partial charge in [0.05, 0.1) is 52.1 Å². The van der Waals surface area contributed by atoms with Gasteiger partial charge in [0.2, 0.25) is 12.3 Å². The largest absolute Gasteiger partial charge is 0.379 e. The van der Waals surface area contributed by atoms with Crippen LogP contribution in [0.25, 0.3) is 4.83 Å². The third-order valence-electron chi connectivity index (χ3n) is 4.55.